The predicted molar refractivity (Wildman–Crippen MR) is 29.2 cm³/mol. The molecule has 0 unspecified atom stereocenters. The number of hydrogen-bond acceptors (Lipinski definition) is 1. The molecule has 1 heterocycles. The van der Waals surface area contributed by atoms with Crippen molar-refractivity contribution >= 4 is 0 Å². The second kappa shape index (κ2) is 2.69. The first kappa shape index (κ1) is 8.89. The molecule has 0 saturated carbocycles. The summed E-state index contributed by atoms with van der Waals surface area (Å²) in [6.07, 6.45) is -4.75. The maximum Gasteiger partial charge on any atom is 0.416 e. The van der Waals surface area contributed by atoms with Crippen molar-refractivity contribution in [1.29, 1.82) is 0 Å². The van der Waals surface area contributed by atoms with Gasteiger partial charge in [0.25, 0.3) is 0 Å². The van der Waals surface area contributed by atoms with Crippen LogP contribution < -0.4 is 0 Å². The highest BCUT2D eigenvalue weighted by atomic mass is 19.4. The van der Waals surface area contributed by atoms with Gasteiger partial charge in [0.2, 0.25) is 11.9 Å². The summed E-state index contributed by atoms with van der Waals surface area (Å²) in [7, 11) is 0. The Hall–Kier alpha value is -1.20. The number of hydrogen-bond donors (Lipinski definition) is 0. The zero-order valence-corrected chi connectivity index (χ0v) is 5.49. The average molecular weight is 183 g/mol. The first-order valence-electron chi connectivity index (χ1n) is 2.80. The standard InChI is InChI=1S/C6H2F5N/c7-4-1-3(6(9,10)11)2-5(8)12-4/h1-2H. The van der Waals surface area contributed by atoms with Gasteiger partial charge in [0.05, 0.1) is 5.56 Å². The lowest BCUT2D eigenvalue weighted by atomic mass is 10.2. The maximum absolute atomic E-state index is 12.1. The first-order valence-corrected chi connectivity index (χ1v) is 2.80. The normalized spacial score (nSPS) is 11.8. The second-order valence-corrected chi connectivity index (χ2v) is 2.00. The third-order valence-corrected chi connectivity index (χ3v) is 1.09. The van der Waals surface area contributed by atoms with Crippen LogP contribution in [0.5, 0.6) is 0 Å². The van der Waals surface area contributed by atoms with Crippen LogP contribution in [0.3, 0.4) is 0 Å². The molecule has 0 aliphatic carbocycles. The van der Waals surface area contributed by atoms with Gasteiger partial charge in [0.1, 0.15) is 0 Å². The number of pyridine rings is 1. The molecular formula is C6H2F5N. The first-order chi connectivity index (χ1) is 5.39. The van der Waals surface area contributed by atoms with Crippen molar-refractivity contribution in [2.75, 3.05) is 0 Å². The van der Waals surface area contributed by atoms with Gasteiger partial charge in [-0.05, 0) is 0 Å². The molecule has 66 valence electrons. The zero-order valence-electron chi connectivity index (χ0n) is 5.49. The van der Waals surface area contributed by atoms with E-state index < -0.39 is 23.6 Å². The summed E-state index contributed by atoms with van der Waals surface area (Å²) in [6.45, 7) is 0. The van der Waals surface area contributed by atoms with Crippen molar-refractivity contribution in [2.24, 2.45) is 0 Å². The summed E-state index contributed by atoms with van der Waals surface area (Å²) in [6, 6.07) is 0.256. The monoisotopic (exact) mass is 183 g/mol. The van der Waals surface area contributed by atoms with Crippen molar-refractivity contribution in [2.45, 2.75) is 6.18 Å². The van der Waals surface area contributed by atoms with Gasteiger partial charge in [-0.1, -0.05) is 0 Å². The maximum atomic E-state index is 12.1. The van der Waals surface area contributed by atoms with Gasteiger partial charge in [-0.3, -0.25) is 0 Å². The van der Waals surface area contributed by atoms with Crippen LogP contribution in [-0.4, -0.2) is 4.98 Å². The van der Waals surface area contributed by atoms with Gasteiger partial charge in [0, 0.05) is 12.1 Å². The van der Waals surface area contributed by atoms with E-state index in [0.29, 0.717) is 0 Å². The van der Waals surface area contributed by atoms with E-state index in [1.165, 1.54) is 0 Å². The Morgan fingerprint density at radius 2 is 1.42 bits per heavy atom. The summed E-state index contributed by atoms with van der Waals surface area (Å²) >= 11 is 0. The minimum absolute atomic E-state index is 0.128. The fraction of sp³-hybridized carbons (Fsp3) is 0.167. The Balaban J connectivity index is 3.18. The molecule has 0 N–H and O–H groups in total. The second-order valence-electron chi connectivity index (χ2n) is 2.00. The molecule has 1 rings (SSSR count). The van der Waals surface area contributed by atoms with E-state index in [4.69, 9.17) is 0 Å². The lowest BCUT2D eigenvalue weighted by Crippen LogP contribution is -2.07. The van der Waals surface area contributed by atoms with Crippen LogP contribution in [0.1, 0.15) is 5.56 Å². The van der Waals surface area contributed by atoms with Crippen LogP contribution in [0.25, 0.3) is 0 Å². The minimum atomic E-state index is -4.75. The van der Waals surface area contributed by atoms with E-state index >= 15 is 0 Å². The molecule has 0 bridgehead atoms. The van der Waals surface area contributed by atoms with E-state index in [1.807, 2.05) is 0 Å². The van der Waals surface area contributed by atoms with Crippen molar-refractivity contribution in [3.8, 4) is 0 Å². The molecule has 0 atom stereocenters. The molecule has 1 nitrogen and oxygen atoms in total. The van der Waals surface area contributed by atoms with Crippen molar-refractivity contribution in [3.63, 3.8) is 0 Å². The molecule has 0 spiro atoms. The van der Waals surface area contributed by atoms with Crippen molar-refractivity contribution in [1.82, 2.24) is 4.98 Å². The lowest BCUT2D eigenvalue weighted by molar-refractivity contribution is -0.138. The zero-order chi connectivity index (χ0) is 9.35. The summed E-state index contributed by atoms with van der Waals surface area (Å²) in [5.41, 5.74) is -1.38. The molecule has 0 aromatic carbocycles. The largest absolute Gasteiger partial charge is 0.416 e. The SMILES string of the molecule is Fc1cc(C(F)(F)F)cc(F)n1. The van der Waals surface area contributed by atoms with Crippen LogP contribution in [0, 0.1) is 11.9 Å². The summed E-state index contributed by atoms with van der Waals surface area (Å²) in [5, 5.41) is 0. The van der Waals surface area contributed by atoms with Gasteiger partial charge in [0.15, 0.2) is 0 Å². The van der Waals surface area contributed by atoms with Crippen LogP contribution in [0.4, 0.5) is 22.0 Å². The Bertz CT molecular complexity index is 272. The third kappa shape index (κ3) is 1.90. The van der Waals surface area contributed by atoms with Gasteiger partial charge < -0.3 is 0 Å². The minimum Gasteiger partial charge on any atom is -0.191 e. The molecule has 1 aromatic heterocycles. The molecule has 1 aromatic rings. The Morgan fingerprint density at radius 1 is 1.00 bits per heavy atom. The number of rotatable bonds is 0. The molecule has 0 aliphatic rings. The fourth-order valence-electron chi connectivity index (χ4n) is 0.629. The molecule has 0 radical (unpaired) electrons. The highest BCUT2D eigenvalue weighted by Gasteiger charge is 2.31. The third-order valence-electron chi connectivity index (χ3n) is 1.09. The molecular weight excluding hydrogens is 181 g/mol. The number of halogens is 5. The summed E-state index contributed by atoms with van der Waals surface area (Å²) in [4.78, 5) is 2.51. The number of aromatic nitrogens is 1. The van der Waals surface area contributed by atoms with Crippen molar-refractivity contribution in [3.05, 3.63) is 29.6 Å². The molecule has 0 amide bonds. The van der Waals surface area contributed by atoms with E-state index in [1.54, 1.807) is 0 Å². The Kier molecular flexibility index (Phi) is 1.99. The van der Waals surface area contributed by atoms with E-state index in [-0.39, 0.29) is 12.1 Å². The molecule has 6 heteroatoms. The topological polar surface area (TPSA) is 12.9 Å². The van der Waals surface area contributed by atoms with Gasteiger partial charge >= 0.3 is 6.18 Å². The van der Waals surface area contributed by atoms with Crippen LogP contribution in [-0.2, 0) is 6.18 Å². The lowest BCUT2D eigenvalue weighted by Gasteiger charge is -2.05. The van der Waals surface area contributed by atoms with E-state index in [2.05, 4.69) is 4.98 Å². The van der Waals surface area contributed by atoms with Crippen LogP contribution >= 0.6 is 0 Å². The molecule has 0 saturated heterocycles. The van der Waals surface area contributed by atoms with Gasteiger partial charge in [-0.2, -0.15) is 26.9 Å². The fourth-order valence-corrected chi connectivity index (χ4v) is 0.629. The predicted octanol–water partition coefficient (Wildman–Crippen LogP) is 2.38. The number of nitrogens with zero attached hydrogens (tertiary/aromatic N) is 1. The average Bonchev–Trinajstić information content (AvgIpc) is 1.82. The Morgan fingerprint density at radius 3 is 1.75 bits per heavy atom. The van der Waals surface area contributed by atoms with Gasteiger partial charge in [-0.15, -0.1) is 0 Å². The van der Waals surface area contributed by atoms with E-state index in [0.717, 1.165) is 0 Å². The highest BCUT2D eigenvalue weighted by molar-refractivity contribution is 5.15. The molecule has 0 fully saturated rings. The molecule has 0 aliphatic heterocycles. The van der Waals surface area contributed by atoms with Gasteiger partial charge in [-0.25, -0.2) is 0 Å². The Labute approximate surface area is 63.8 Å². The number of alkyl halides is 3. The highest BCUT2D eigenvalue weighted by Crippen LogP contribution is 2.29. The van der Waals surface area contributed by atoms with Crippen LogP contribution in [0.2, 0.25) is 0 Å². The van der Waals surface area contributed by atoms with Crippen LogP contribution in [0.15, 0.2) is 12.1 Å². The van der Waals surface area contributed by atoms with E-state index in [9.17, 15) is 22.0 Å². The van der Waals surface area contributed by atoms with Crippen molar-refractivity contribution < 1.29 is 22.0 Å². The smallest absolute Gasteiger partial charge is 0.191 e. The summed E-state index contributed by atoms with van der Waals surface area (Å²) < 4.78 is 59.6. The molecule has 12 heavy (non-hydrogen) atoms. The summed E-state index contributed by atoms with van der Waals surface area (Å²) in [5.74, 6) is -2.97. The quantitative estimate of drug-likeness (QED) is 0.444.